The quantitative estimate of drug-likeness (QED) is 0.529. The van der Waals surface area contributed by atoms with Gasteiger partial charge in [-0.1, -0.05) is 0 Å². The standard InChI is InChI=1S/C16H10Br2FN3O3/c1-6-2-9(15(24)25)13(10(17)3-6)21-16-20-12-8(14(23)22-16)4-7(19)5-11(12)18/h2-5H,1H3,(H,24,25)(H2,20,21,22,23). The molecule has 6 nitrogen and oxygen atoms in total. The van der Waals surface area contributed by atoms with Gasteiger partial charge in [-0.2, -0.15) is 0 Å². The summed E-state index contributed by atoms with van der Waals surface area (Å²) in [5, 5.41) is 12.3. The fourth-order valence-electron chi connectivity index (χ4n) is 2.38. The van der Waals surface area contributed by atoms with Gasteiger partial charge in [0.15, 0.2) is 0 Å². The van der Waals surface area contributed by atoms with Crippen molar-refractivity contribution in [2.24, 2.45) is 0 Å². The van der Waals surface area contributed by atoms with E-state index in [9.17, 15) is 19.1 Å². The third kappa shape index (κ3) is 3.42. The predicted molar refractivity (Wildman–Crippen MR) is 99.1 cm³/mol. The summed E-state index contributed by atoms with van der Waals surface area (Å²) in [7, 11) is 0. The Kier molecular flexibility index (Phi) is 4.61. The molecule has 0 saturated heterocycles. The number of carbonyl (C=O) groups is 1. The smallest absolute Gasteiger partial charge is 0.337 e. The zero-order valence-electron chi connectivity index (χ0n) is 12.7. The lowest BCUT2D eigenvalue weighted by Crippen LogP contribution is -2.13. The molecule has 0 saturated carbocycles. The van der Waals surface area contributed by atoms with Crippen LogP contribution in [0.2, 0.25) is 0 Å². The molecule has 3 N–H and O–H groups in total. The van der Waals surface area contributed by atoms with Crippen molar-refractivity contribution in [3.8, 4) is 0 Å². The van der Waals surface area contributed by atoms with E-state index in [1.54, 1.807) is 13.0 Å². The number of benzene rings is 2. The molecular weight excluding hydrogens is 461 g/mol. The molecule has 0 unspecified atom stereocenters. The van der Waals surface area contributed by atoms with Crippen molar-refractivity contribution >= 4 is 60.4 Å². The minimum atomic E-state index is -1.13. The summed E-state index contributed by atoms with van der Waals surface area (Å²) in [5.41, 5.74) is 0.736. The van der Waals surface area contributed by atoms with Crippen LogP contribution in [-0.2, 0) is 0 Å². The number of halogens is 3. The molecule has 0 bridgehead atoms. The van der Waals surface area contributed by atoms with Crippen molar-refractivity contribution < 1.29 is 14.3 Å². The number of fused-ring (bicyclic) bond motifs is 1. The molecule has 0 radical (unpaired) electrons. The first-order chi connectivity index (χ1) is 11.8. The van der Waals surface area contributed by atoms with E-state index in [1.165, 1.54) is 12.1 Å². The van der Waals surface area contributed by atoms with E-state index in [2.05, 4.69) is 47.1 Å². The molecule has 3 aromatic rings. The van der Waals surface area contributed by atoms with Crippen molar-refractivity contribution in [2.75, 3.05) is 5.32 Å². The van der Waals surface area contributed by atoms with Gasteiger partial charge in [0.1, 0.15) is 5.82 Å². The fourth-order valence-corrected chi connectivity index (χ4v) is 3.58. The van der Waals surface area contributed by atoms with Gasteiger partial charge < -0.3 is 10.4 Å². The zero-order chi connectivity index (χ0) is 18.3. The highest BCUT2D eigenvalue weighted by Gasteiger charge is 2.16. The summed E-state index contributed by atoms with van der Waals surface area (Å²) in [6, 6.07) is 5.52. The highest BCUT2D eigenvalue weighted by atomic mass is 79.9. The number of nitrogens with zero attached hydrogens (tertiary/aromatic N) is 1. The van der Waals surface area contributed by atoms with Crippen LogP contribution < -0.4 is 10.9 Å². The number of carboxylic acids is 1. The number of H-pyrrole nitrogens is 1. The number of anilines is 2. The van der Waals surface area contributed by atoms with Crippen LogP contribution in [0.5, 0.6) is 0 Å². The van der Waals surface area contributed by atoms with Crippen molar-refractivity contribution in [3.05, 3.63) is 60.5 Å². The molecular formula is C16H10Br2FN3O3. The average Bonchev–Trinajstić information content (AvgIpc) is 2.50. The summed E-state index contributed by atoms with van der Waals surface area (Å²) in [5.74, 6) is -1.66. The molecule has 3 rings (SSSR count). The zero-order valence-corrected chi connectivity index (χ0v) is 15.8. The van der Waals surface area contributed by atoms with Gasteiger partial charge in [0.05, 0.1) is 22.2 Å². The number of rotatable bonds is 3. The second-order valence-corrected chi connectivity index (χ2v) is 7.01. The maximum Gasteiger partial charge on any atom is 0.337 e. The predicted octanol–water partition coefficient (Wildman–Crippen LogP) is 4.34. The Morgan fingerprint density at radius 1 is 1.24 bits per heavy atom. The van der Waals surface area contributed by atoms with E-state index in [1.807, 2.05) is 0 Å². The number of carboxylic acid groups (broad SMARTS) is 1. The summed E-state index contributed by atoms with van der Waals surface area (Å²) >= 11 is 6.49. The minimum Gasteiger partial charge on any atom is -0.478 e. The van der Waals surface area contributed by atoms with Crippen LogP contribution in [0.1, 0.15) is 15.9 Å². The maximum absolute atomic E-state index is 13.5. The number of aromatic carboxylic acids is 1. The number of hydrogen-bond acceptors (Lipinski definition) is 4. The molecule has 0 amide bonds. The lowest BCUT2D eigenvalue weighted by molar-refractivity contribution is 0.0698. The van der Waals surface area contributed by atoms with E-state index in [0.29, 0.717) is 8.95 Å². The lowest BCUT2D eigenvalue weighted by atomic mass is 10.1. The molecule has 0 atom stereocenters. The monoisotopic (exact) mass is 469 g/mol. The van der Waals surface area contributed by atoms with Gasteiger partial charge >= 0.3 is 5.97 Å². The van der Waals surface area contributed by atoms with Gasteiger partial charge in [-0.3, -0.25) is 9.78 Å². The van der Waals surface area contributed by atoms with Crippen LogP contribution in [0.3, 0.4) is 0 Å². The number of nitrogens with one attached hydrogen (secondary N) is 2. The van der Waals surface area contributed by atoms with Crippen molar-refractivity contribution in [1.82, 2.24) is 9.97 Å². The highest BCUT2D eigenvalue weighted by Crippen LogP contribution is 2.31. The van der Waals surface area contributed by atoms with Crippen LogP contribution in [0.25, 0.3) is 10.9 Å². The number of aryl methyl sites for hydroxylation is 1. The summed E-state index contributed by atoms with van der Waals surface area (Å²) < 4.78 is 14.3. The molecule has 0 fully saturated rings. The summed E-state index contributed by atoms with van der Waals surface area (Å²) in [6.45, 7) is 1.77. The van der Waals surface area contributed by atoms with E-state index >= 15 is 0 Å². The largest absolute Gasteiger partial charge is 0.478 e. The first kappa shape index (κ1) is 17.6. The molecule has 128 valence electrons. The molecule has 9 heteroatoms. The Morgan fingerprint density at radius 3 is 2.64 bits per heavy atom. The topological polar surface area (TPSA) is 95.1 Å². The first-order valence-corrected chi connectivity index (χ1v) is 8.54. The number of hydrogen-bond donors (Lipinski definition) is 3. The van der Waals surface area contributed by atoms with E-state index in [0.717, 1.165) is 11.6 Å². The molecule has 25 heavy (non-hydrogen) atoms. The number of aromatic amines is 1. The molecule has 0 spiro atoms. The van der Waals surface area contributed by atoms with Crippen LogP contribution in [0, 0.1) is 12.7 Å². The molecule has 2 aromatic carbocycles. The fraction of sp³-hybridized carbons (Fsp3) is 0.0625. The Bertz CT molecular complexity index is 1080. The first-order valence-electron chi connectivity index (χ1n) is 6.96. The lowest BCUT2D eigenvalue weighted by Gasteiger charge is -2.13. The van der Waals surface area contributed by atoms with Gasteiger partial charge in [0.25, 0.3) is 5.56 Å². The summed E-state index contributed by atoms with van der Waals surface area (Å²) in [6.07, 6.45) is 0. The van der Waals surface area contributed by atoms with E-state index in [-0.39, 0.29) is 28.1 Å². The van der Waals surface area contributed by atoms with Crippen LogP contribution in [-0.4, -0.2) is 21.0 Å². The van der Waals surface area contributed by atoms with Crippen molar-refractivity contribution in [3.63, 3.8) is 0 Å². The van der Waals surface area contributed by atoms with Gasteiger partial charge in [-0.05, 0) is 68.6 Å². The molecule has 0 aliphatic carbocycles. The Balaban J connectivity index is 2.17. The number of aromatic nitrogens is 2. The van der Waals surface area contributed by atoms with Crippen LogP contribution in [0.4, 0.5) is 16.0 Å². The maximum atomic E-state index is 13.5. The summed E-state index contributed by atoms with van der Waals surface area (Å²) in [4.78, 5) is 30.4. The van der Waals surface area contributed by atoms with Gasteiger partial charge in [0, 0.05) is 8.95 Å². The SMILES string of the molecule is Cc1cc(Br)c(Nc2nc3c(Br)cc(F)cc3c(=O)[nH]2)c(C(=O)O)c1. The highest BCUT2D eigenvalue weighted by molar-refractivity contribution is 9.11. The van der Waals surface area contributed by atoms with Gasteiger partial charge in [-0.25, -0.2) is 14.2 Å². The molecule has 0 aliphatic heterocycles. The van der Waals surface area contributed by atoms with Gasteiger partial charge in [-0.15, -0.1) is 0 Å². The average molecular weight is 471 g/mol. The molecule has 0 aliphatic rings. The Hall–Kier alpha value is -2.26. The van der Waals surface area contributed by atoms with Crippen LogP contribution >= 0.6 is 31.9 Å². The van der Waals surface area contributed by atoms with Crippen molar-refractivity contribution in [1.29, 1.82) is 0 Å². The third-order valence-electron chi connectivity index (χ3n) is 3.44. The van der Waals surface area contributed by atoms with Crippen LogP contribution in [0.15, 0.2) is 38.0 Å². The second kappa shape index (κ2) is 6.57. The second-order valence-electron chi connectivity index (χ2n) is 5.30. The Labute approximate surface area is 157 Å². The minimum absolute atomic E-state index is 0.0211. The third-order valence-corrected chi connectivity index (χ3v) is 4.67. The van der Waals surface area contributed by atoms with E-state index in [4.69, 9.17) is 0 Å². The molecule has 1 aromatic heterocycles. The van der Waals surface area contributed by atoms with E-state index < -0.39 is 17.3 Å². The molecule has 1 heterocycles. The van der Waals surface area contributed by atoms with Gasteiger partial charge in [0.2, 0.25) is 5.95 Å². The normalized spacial score (nSPS) is 10.9. The van der Waals surface area contributed by atoms with Crippen molar-refractivity contribution in [2.45, 2.75) is 6.92 Å². The Morgan fingerprint density at radius 2 is 1.96 bits per heavy atom.